The van der Waals surface area contributed by atoms with Crippen LogP contribution in [0, 0.1) is 6.92 Å². The summed E-state index contributed by atoms with van der Waals surface area (Å²) in [5.74, 6) is 0. The van der Waals surface area contributed by atoms with E-state index in [1.807, 2.05) is 6.92 Å². The zero-order valence-corrected chi connectivity index (χ0v) is 11.2. The summed E-state index contributed by atoms with van der Waals surface area (Å²) in [5, 5.41) is 4.69. The van der Waals surface area contributed by atoms with Gasteiger partial charge in [0.05, 0.1) is 11.3 Å². The van der Waals surface area contributed by atoms with Crippen LogP contribution in [-0.2, 0) is 6.18 Å². The van der Waals surface area contributed by atoms with Crippen LogP contribution in [0.3, 0.4) is 0 Å². The van der Waals surface area contributed by atoms with Crippen LogP contribution in [0.4, 0.5) is 29.3 Å². The first kappa shape index (κ1) is 14.9. The maximum Gasteiger partial charge on any atom is 0.418 e. The summed E-state index contributed by atoms with van der Waals surface area (Å²) in [6.45, 7) is 1.89. The summed E-state index contributed by atoms with van der Waals surface area (Å²) >= 11 is 0. The van der Waals surface area contributed by atoms with Crippen molar-refractivity contribution in [2.45, 2.75) is 13.1 Å². The number of aryl methyl sites for hydroxylation is 1. The van der Waals surface area contributed by atoms with Crippen LogP contribution in [0.5, 0.6) is 0 Å². The van der Waals surface area contributed by atoms with Crippen molar-refractivity contribution in [2.24, 2.45) is 0 Å². The highest BCUT2D eigenvalue weighted by Crippen LogP contribution is 2.34. The van der Waals surface area contributed by atoms with Gasteiger partial charge in [-0.1, -0.05) is 29.8 Å². The monoisotopic (exact) mass is 294 g/mol. The normalized spacial score (nSPS) is 11.0. The number of nitrogens with one attached hydrogen (secondary N) is 2. The molecule has 2 rings (SSSR count). The van der Waals surface area contributed by atoms with Crippen molar-refractivity contribution in [3.05, 3.63) is 59.7 Å². The van der Waals surface area contributed by atoms with Gasteiger partial charge in [0.2, 0.25) is 0 Å². The lowest BCUT2D eigenvalue weighted by atomic mass is 10.1. The number of carbonyl (C=O) groups excluding carboxylic acids is 1. The Bertz CT molecular complexity index is 636. The molecule has 2 N–H and O–H groups in total. The lowest BCUT2D eigenvalue weighted by Gasteiger charge is -2.14. The van der Waals surface area contributed by atoms with E-state index in [1.165, 1.54) is 18.2 Å². The molecule has 2 amide bonds. The molecule has 21 heavy (non-hydrogen) atoms. The van der Waals surface area contributed by atoms with E-state index in [9.17, 15) is 18.0 Å². The second kappa shape index (κ2) is 5.87. The van der Waals surface area contributed by atoms with Gasteiger partial charge in [0.25, 0.3) is 0 Å². The van der Waals surface area contributed by atoms with Gasteiger partial charge in [-0.2, -0.15) is 13.2 Å². The molecule has 0 atom stereocenters. The summed E-state index contributed by atoms with van der Waals surface area (Å²) in [6.07, 6.45) is -4.52. The van der Waals surface area contributed by atoms with E-state index in [4.69, 9.17) is 0 Å². The van der Waals surface area contributed by atoms with Crippen LogP contribution in [0.25, 0.3) is 0 Å². The topological polar surface area (TPSA) is 41.1 Å². The Morgan fingerprint density at radius 3 is 2.19 bits per heavy atom. The first-order valence-corrected chi connectivity index (χ1v) is 6.17. The van der Waals surface area contributed by atoms with Gasteiger partial charge in [0.1, 0.15) is 0 Å². The molecule has 0 saturated carbocycles. The van der Waals surface area contributed by atoms with Crippen molar-refractivity contribution in [3.8, 4) is 0 Å². The van der Waals surface area contributed by atoms with Gasteiger partial charge in [0.15, 0.2) is 0 Å². The van der Waals surface area contributed by atoms with E-state index in [1.54, 1.807) is 24.3 Å². The first-order chi connectivity index (χ1) is 9.86. The van der Waals surface area contributed by atoms with Crippen LogP contribution in [0.15, 0.2) is 48.5 Å². The van der Waals surface area contributed by atoms with Crippen LogP contribution in [-0.4, -0.2) is 6.03 Å². The van der Waals surface area contributed by atoms with E-state index in [2.05, 4.69) is 10.6 Å². The van der Waals surface area contributed by atoms with Crippen molar-refractivity contribution in [2.75, 3.05) is 10.6 Å². The molecule has 0 aliphatic rings. The third-order valence-corrected chi connectivity index (χ3v) is 2.79. The van der Waals surface area contributed by atoms with Crippen molar-refractivity contribution in [1.29, 1.82) is 0 Å². The molecule has 0 aromatic heterocycles. The second-order valence-electron chi connectivity index (χ2n) is 4.49. The number of anilines is 2. The van der Waals surface area contributed by atoms with Crippen molar-refractivity contribution in [3.63, 3.8) is 0 Å². The zero-order chi connectivity index (χ0) is 15.5. The molecule has 2 aromatic carbocycles. The van der Waals surface area contributed by atoms with Crippen molar-refractivity contribution in [1.82, 2.24) is 0 Å². The summed E-state index contributed by atoms with van der Waals surface area (Å²) < 4.78 is 38.4. The van der Waals surface area contributed by atoms with Crippen LogP contribution < -0.4 is 10.6 Å². The van der Waals surface area contributed by atoms with Gasteiger partial charge < -0.3 is 10.6 Å². The third kappa shape index (κ3) is 3.98. The number of benzene rings is 2. The molecule has 0 radical (unpaired) electrons. The predicted molar refractivity (Wildman–Crippen MR) is 75.3 cm³/mol. The van der Waals surface area contributed by atoms with Gasteiger partial charge in [-0.15, -0.1) is 0 Å². The standard InChI is InChI=1S/C15H13F3N2O/c1-10-6-8-11(9-7-10)19-14(21)20-13-5-3-2-4-12(13)15(16,17)18/h2-9H,1H3,(H2,19,20,21). The highest BCUT2D eigenvalue weighted by Gasteiger charge is 2.33. The lowest BCUT2D eigenvalue weighted by molar-refractivity contribution is -0.136. The molecule has 0 saturated heterocycles. The van der Waals surface area contributed by atoms with Crippen LogP contribution in [0.2, 0.25) is 0 Å². The number of para-hydroxylation sites is 1. The number of hydrogen-bond donors (Lipinski definition) is 2. The van der Waals surface area contributed by atoms with Gasteiger partial charge in [-0.25, -0.2) is 4.79 Å². The summed E-state index contributed by atoms with van der Waals surface area (Å²) in [5.41, 5.74) is 0.352. The highest BCUT2D eigenvalue weighted by atomic mass is 19.4. The zero-order valence-electron chi connectivity index (χ0n) is 11.2. The molecule has 6 heteroatoms. The molecule has 2 aromatic rings. The number of halogens is 3. The summed E-state index contributed by atoms with van der Waals surface area (Å²) in [4.78, 5) is 11.8. The van der Waals surface area contributed by atoms with E-state index >= 15 is 0 Å². The molecule has 110 valence electrons. The van der Waals surface area contributed by atoms with E-state index < -0.39 is 17.8 Å². The van der Waals surface area contributed by atoms with Gasteiger partial charge in [0, 0.05) is 5.69 Å². The molecule has 0 aliphatic carbocycles. The maximum atomic E-state index is 12.8. The minimum absolute atomic E-state index is 0.283. The number of carbonyl (C=O) groups is 1. The molecule has 0 spiro atoms. The summed E-state index contributed by atoms with van der Waals surface area (Å²) in [7, 11) is 0. The van der Waals surface area contributed by atoms with Gasteiger partial charge in [-0.3, -0.25) is 0 Å². The number of rotatable bonds is 2. The minimum Gasteiger partial charge on any atom is -0.308 e. The predicted octanol–water partition coefficient (Wildman–Crippen LogP) is 4.66. The Morgan fingerprint density at radius 1 is 0.952 bits per heavy atom. The quantitative estimate of drug-likeness (QED) is 0.831. The van der Waals surface area contributed by atoms with Crippen molar-refractivity contribution >= 4 is 17.4 Å². The average Bonchev–Trinajstić information content (AvgIpc) is 2.41. The van der Waals surface area contributed by atoms with Crippen LogP contribution in [0.1, 0.15) is 11.1 Å². The molecule has 0 heterocycles. The molecular weight excluding hydrogens is 281 g/mol. The number of amides is 2. The molecular formula is C15H13F3N2O. The minimum atomic E-state index is -4.52. The van der Waals surface area contributed by atoms with E-state index in [-0.39, 0.29) is 5.69 Å². The largest absolute Gasteiger partial charge is 0.418 e. The SMILES string of the molecule is Cc1ccc(NC(=O)Nc2ccccc2C(F)(F)F)cc1. The van der Waals surface area contributed by atoms with E-state index in [0.717, 1.165) is 11.6 Å². The lowest BCUT2D eigenvalue weighted by Crippen LogP contribution is -2.21. The Morgan fingerprint density at radius 2 is 1.57 bits per heavy atom. The molecule has 0 unspecified atom stereocenters. The fraction of sp³-hybridized carbons (Fsp3) is 0.133. The number of hydrogen-bond acceptors (Lipinski definition) is 1. The Balaban J connectivity index is 2.11. The maximum absolute atomic E-state index is 12.8. The Hall–Kier alpha value is -2.50. The van der Waals surface area contributed by atoms with Crippen LogP contribution >= 0.6 is 0 Å². The number of alkyl halides is 3. The molecule has 3 nitrogen and oxygen atoms in total. The highest BCUT2D eigenvalue weighted by molar-refractivity contribution is 6.00. The fourth-order valence-corrected chi connectivity index (χ4v) is 1.76. The van der Waals surface area contributed by atoms with Gasteiger partial charge >= 0.3 is 12.2 Å². The second-order valence-corrected chi connectivity index (χ2v) is 4.49. The van der Waals surface area contributed by atoms with Crippen molar-refractivity contribution < 1.29 is 18.0 Å². The summed E-state index contributed by atoms with van der Waals surface area (Å²) in [6, 6.07) is 11.0. The molecule has 0 fully saturated rings. The smallest absolute Gasteiger partial charge is 0.308 e. The first-order valence-electron chi connectivity index (χ1n) is 6.17. The average molecular weight is 294 g/mol. The number of urea groups is 1. The Labute approximate surface area is 119 Å². The Kier molecular flexibility index (Phi) is 4.16. The third-order valence-electron chi connectivity index (χ3n) is 2.79. The van der Waals surface area contributed by atoms with Gasteiger partial charge in [-0.05, 0) is 31.2 Å². The molecule has 0 aliphatic heterocycles. The molecule has 0 bridgehead atoms. The fourth-order valence-electron chi connectivity index (χ4n) is 1.76. The van der Waals surface area contributed by atoms with E-state index in [0.29, 0.717) is 5.69 Å².